The first-order chi connectivity index (χ1) is 9.60. The summed E-state index contributed by atoms with van der Waals surface area (Å²) in [4.78, 5) is 27.1. The summed E-state index contributed by atoms with van der Waals surface area (Å²) >= 11 is 0. The van der Waals surface area contributed by atoms with Crippen LogP contribution in [-0.4, -0.2) is 46.9 Å². The first-order valence-electron chi connectivity index (χ1n) is 6.92. The van der Waals surface area contributed by atoms with Crippen molar-refractivity contribution in [1.82, 2.24) is 15.2 Å². The van der Waals surface area contributed by atoms with E-state index >= 15 is 0 Å². The second kappa shape index (κ2) is 6.03. The highest BCUT2D eigenvalue weighted by Crippen LogP contribution is 2.39. The highest BCUT2D eigenvalue weighted by molar-refractivity contribution is 5.93. The molecule has 3 heterocycles. The lowest BCUT2D eigenvalue weighted by molar-refractivity contribution is -0.384. The van der Waals surface area contributed by atoms with Gasteiger partial charge in [-0.15, -0.1) is 12.4 Å². The molecule has 2 saturated heterocycles. The maximum absolute atomic E-state index is 12.4. The zero-order chi connectivity index (χ0) is 14.2. The number of H-pyrrole nitrogens is 1. The number of amides is 1. The number of halogens is 1. The lowest BCUT2D eigenvalue weighted by atomic mass is 9.78. The van der Waals surface area contributed by atoms with Crippen LogP contribution < -0.4 is 5.32 Å². The van der Waals surface area contributed by atoms with Gasteiger partial charge < -0.3 is 15.2 Å². The van der Waals surface area contributed by atoms with Crippen molar-refractivity contribution in [1.29, 1.82) is 0 Å². The Labute approximate surface area is 128 Å². The van der Waals surface area contributed by atoms with Gasteiger partial charge >= 0.3 is 0 Å². The third-order valence-electron chi connectivity index (χ3n) is 4.50. The Balaban J connectivity index is 0.00000161. The molecule has 0 bridgehead atoms. The fourth-order valence-corrected chi connectivity index (χ4v) is 3.26. The highest BCUT2D eigenvalue weighted by atomic mass is 35.5. The third-order valence-corrected chi connectivity index (χ3v) is 4.50. The minimum Gasteiger partial charge on any atom is -0.351 e. The number of carbonyl (C=O) groups excluding carboxylic acids is 1. The van der Waals surface area contributed by atoms with Crippen LogP contribution in [0, 0.1) is 15.5 Å². The highest BCUT2D eigenvalue weighted by Gasteiger charge is 2.40. The van der Waals surface area contributed by atoms with E-state index in [-0.39, 0.29) is 29.4 Å². The Morgan fingerprint density at radius 1 is 1.33 bits per heavy atom. The molecule has 1 spiro atoms. The maximum atomic E-state index is 12.4. The maximum Gasteiger partial charge on any atom is 0.287 e. The average Bonchev–Trinajstić information content (AvgIpc) is 3.07. The van der Waals surface area contributed by atoms with Gasteiger partial charge in [0.1, 0.15) is 5.69 Å². The number of aromatic nitrogens is 1. The van der Waals surface area contributed by atoms with Crippen molar-refractivity contribution in [2.75, 3.05) is 26.2 Å². The van der Waals surface area contributed by atoms with E-state index in [1.807, 2.05) is 4.90 Å². The number of aromatic amines is 1. The fraction of sp³-hybridized carbons (Fsp3) is 0.615. The van der Waals surface area contributed by atoms with Gasteiger partial charge in [-0.3, -0.25) is 14.9 Å². The average molecular weight is 315 g/mol. The molecule has 1 amide bonds. The van der Waals surface area contributed by atoms with Gasteiger partial charge in [0.15, 0.2) is 0 Å². The van der Waals surface area contributed by atoms with Crippen molar-refractivity contribution < 1.29 is 9.72 Å². The largest absolute Gasteiger partial charge is 0.351 e. The van der Waals surface area contributed by atoms with Crippen molar-refractivity contribution in [2.24, 2.45) is 5.41 Å². The fourth-order valence-electron chi connectivity index (χ4n) is 3.26. The first-order valence-corrected chi connectivity index (χ1v) is 6.92. The van der Waals surface area contributed by atoms with Crippen LogP contribution in [0.5, 0.6) is 0 Å². The molecule has 0 unspecified atom stereocenters. The third kappa shape index (κ3) is 3.03. The van der Waals surface area contributed by atoms with E-state index in [4.69, 9.17) is 0 Å². The van der Waals surface area contributed by atoms with E-state index in [0.717, 1.165) is 45.4 Å². The monoisotopic (exact) mass is 314 g/mol. The van der Waals surface area contributed by atoms with E-state index in [2.05, 4.69) is 10.3 Å². The van der Waals surface area contributed by atoms with Crippen molar-refractivity contribution in [2.45, 2.75) is 19.3 Å². The van der Waals surface area contributed by atoms with Gasteiger partial charge in [0.25, 0.3) is 11.6 Å². The minimum atomic E-state index is -0.494. The quantitative estimate of drug-likeness (QED) is 0.640. The van der Waals surface area contributed by atoms with Gasteiger partial charge in [-0.25, -0.2) is 0 Å². The Hall–Kier alpha value is -1.60. The Kier molecular flexibility index (Phi) is 4.53. The normalized spacial score (nSPS) is 20.3. The van der Waals surface area contributed by atoms with Crippen LogP contribution in [-0.2, 0) is 0 Å². The summed E-state index contributed by atoms with van der Waals surface area (Å²) < 4.78 is 0. The molecule has 2 aliphatic rings. The molecule has 7 nitrogen and oxygen atoms in total. The van der Waals surface area contributed by atoms with Gasteiger partial charge in [0.2, 0.25) is 0 Å². The SMILES string of the molecule is Cl.O=C(c1cc([N+](=O)[O-])c[nH]1)N1CCC2(CCNCC2)C1. The van der Waals surface area contributed by atoms with Gasteiger partial charge in [0.05, 0.1) is 11.1 Å². The number of nitrogens with zero attached hydrogens (tertiary/aromatic N) is 2. The van der Waals surface area contributed by atoms with Gasteiger partial charge in [-0.2, -0.15) is 0 Å². The number of nitro groups is 1. The van der Waals surface area contributed by atoms with Crippen LogP contribution in [0.25, 0.3) is 0 Å². The zero-order valence-electron chi connectivity index (χ0n) is 11.6. The van der Waals surface area contributed by atoms with Gasteiger partial charge in [0, 0.05) is 19.2 Å². The van der Waals surface area contributed by atoms with E-state index < -0.39 is 4.92 Å². The van der Waals surface area contributed by atoms with Gasteiger partial charge in [-0.05, 0) is 37.8 Å². The van der Waals surface area contributed by atoms with Crippen molar-refractivity contribution >= 4 is 24.0 Å². The number of rotatable bonds is 2. The van der Waals surface area contributed by atoms with E-state index in [0.29, 0.717) is 5.69 Å². The molecule has 2 fully saturated rings. The molecule has 21 heavy (non-hydrogen) atoms. The topological polar surface area (TPSA) is 91.3 Å². The molecular weight excluding hydrogens is 296 g/mol. The molecule has 8 heteroatoms. The van der Waals surface area contributed by atoms with E-state index in [1.54, 1.807) is 0 Å². The first kappa shape index (κ1) is 15.8. The molecule has 0 aliphatic carbocycles. The van der Waals surface area contributed by atoms with Crippen LogP contribution >= 0.6 is 12.4 Å². The van der Waals surface area contributed by atoms with E-state index in [1.165, 1.54) is 12.3 Å². The van der Waals surface area contributed by atoms with Crippen molar-refractivity contribution in [3.05, 3.63) is 28.1 Å². The van der Waals surface area contributed by atoms with Crippen molar-refractivity contribution in [3.63, 3.8) is 0 Å². The second-order valence-corrected chi connectivity index (χ2v) is 5.76. The summed E-state index contributed by atoms with van der Waals surface area (Å²) in [7, 11) is 0. The van der Waals surface area contributed by atoms with Crippen LogP contribution in [0.1, 0.15) is 29.8 Å². The van der Waals surface area contributed by atoms with Crippen LogP contribution in [0.4, 0.5) is 5.69 Å². The van der Waals surface area contributed by atoms with Gasteiger partial charge in [-0.1, -0.05) is 0 Å². The minimum absolute atomic E-state index is 0. The standard InChI is InChI=1S/C13H18N4O3.ClH/c18-12(11-7-10(8-15-11)17(19)20)16-6-3-13(9-16)1-4-14-5-2-13;/h7-8,14-15H,1-6,9H2;1H. The number of hydrogen-bond donors (Lipinski definition) is 2. The summed E-state index contributed by atoms with van der Waals surface area (Å²) in [6, 6.07) is 1.32. The Bertz CT molecular complexity index is 539. The smallest absolute Gasteiger partial charge is 0.287 e. The Morgan fingerprint density at radius 3 is 2.67 bits per heavy atom. The summed E-state index contributed by atoms with van der Waals surface area (Å²) in [5.74, 6) is -0.131. The predicted molar refractivity (Wildman–Crippen MR) is 79.8 cm³/mol. The summed E-state index contributed by atoms with van der Waals surface area (Å²) in [5, 5.41) is 14.0. The lowest BCUT2D eigenvalue weighted by Gasteiger charge is -2.33. The predicted octanol–water partition coefficient (Wildman–Crippen LogP) is 1.56. The molecular formula is C13H19ClN4O3. The van der Waals surface area contributed by atoms with E-state index in [9.17, 15) is 14.9 Å². The number of nitrogens with one attached hydrogen (secondary N) is 2. The molecule has 0 atom stereocenters. The zero-order valence-corrected chi connectivity index (χ0v) is 12.4. The van der Waals surface area contributed by atoms with Crippen LogP contribution in [0.2, 0.25) is 0 Å². The molecule has 0 aromatic carbocycles. The van der Waals surface area contributed by atoms with Crippen molar-refractivity contribution in [3.8, 4) is 0 Å². The molecule has 3 rings (SSSR count). The Morgan fingerprint density at radius 2 is 2.05 bits per heavy atom. The number of piperidine rings is 1. The summed E-state index contributed by atoms with van der Waals surface area (Å²) in [5.41, 5.74) is 0.492. The number of carbonyl (C=O) groups is 1. The number of hydrogen-bond acceptors (Lipinski definition) is 4. The molecule has 1 aromatic heterocycles. The molecule has 2 aliphatic heterocycles. The molecule has 0 radical (unpaired) electrons. The molecule has 0 saturated carbocycles. The molecule has 1 aromatic rings. The summed E-state index contributed by atoms with van der Waals surface area (Å²) in [6.07, 6.45) is 4.50. The molecule has 116 valence electrons. The number of likely N-dealkylation sites (tertiary alicyclic amines) is 1. The second-order valence-electron chi connectivity index (χ2n) is 5.76. The summed E-state index contributed by atoms with van der Waals surface area (Å²) in [6.45, 7) is 3.53. The lowest BCUT2D eigenvalue weighted by Crippen LogP contribution is -2.39. The molecule has 2 N–H and O–H groups in total. The van der Waals surface area contributed by atoms with Crippen LogP contribution in [0.3, 0.4) is 0 Å². The van der Waals surface area contributed by atoms with Crippen LogP contribution in [0.15, 0.2) is 12.3 Å².